The molecule has 3 rings (SSSR count). The number of carbonyl (C=O) groups is 2. The number of benzene rings is 3. The lowest BCUT2D eigenvalue weighted by molar-refractivity contribution is -0.156. The lowest BCUT2D eigenvalue weighted by atomic mass is 10.0. The summed E-state index contributed by atoms with van der Waals surface area (Å²) in [5.41, 5.74) is 12.0. The number of nitrogens with one attached hydrogen (secondary N) is 1. The summed E-state index contributed by atoms with van der Waals surface area (Å²) in [6.45, 7) is 5.82. The van der Waals surface area contributed by atoms with Crippen molar-refractivity contribution in [3.8, 4) is 0 Å². The predicted molar refractivity (Wildman–Crippen MR) is 139 cm³/mol. The predicted octanol–water partition coefficient (Wildman–Crippen LogP) is 5.35. The Morgan fingerprint density at radius 2 is 1.21 bits per heavy atom. The average molecular weight is 463 g/mol. The summed E-state index contributed by atoms with van der Waals surface area (Å²) < 4.78 is 0. The standard InChI is InChI=1S/C20H24N2O3.C7H8.C2H6/c21-15-20(24)25-22-19(23)14-18-12-10-17(11-13-18)9-5-4-8-16-6-2-1-3-7-16;1-7-5-3-2-4-6-7;1-2/h1-3,6-7,10-13H,4-5,8-9,14-15,21H2,(H,22,23);2-6H,1H3;1-2H3. The van der Waals surface area contributed by atoms with Gasteiger partial charge >= 0.3 is 5.97 Å². The molecule has 0 heterocycles. The van der Waals surface area contributed by atoms with Gasteiger partial charge in [0.05, 0.1) is 13.0 Å². The molecular formula is C29H38N2O3. The highest BCUT2D eigenvalue weighted by molar-refractivity contribution is 5.80. The molecule has 1 amide bonds. The summed E-state index contributed by atoms with van der Waals surface area (Å²) in [6, 6.07) is 28.7. The van der Waals surface area contributed by atoms with Crippen LogP contribution in [0.1, 0.15) is 48.9 Å². The largest absolute Gasteiger partial charge is 0.345 e. The SMILES string of the molecule is CC.Cc1ccccc1.NCC(=O)ONC(=O)Cc1ccc(CCCCc2ccccc2)cc1. The van der Waals surface area contributed by atoms with Gasteiger partial charge in [0.25, 0.3) is 5.91 Å². The molecule has 0 fully saturated rings. The molecule has 182 valence electrons. The first-order valence-electron chi connectivity index (χ1n) is 11.9. The minimum Gasteiger partial charge on any atom is -0.339 e. The van der Waals surface area contributed by atoms with Crippen LogP contribution in [0.15, 0.2) is 84.9 Å². The molecule has 5 nitrogen and oxygen atoms in total. The van der Waals surface area contributed by atoms with Gasteiger partial charge in [-0.25, -0.2) is 4.79 Å². The quantitative estimate of drug-likeness (QED) is 0.349. The zero-order valence-corrected chi connectivity index (χ0v) is 20.6. The summed E-state index contributed by atoms with van der Waals surface area (Å²) in [7, 11) is 0. The van der Waals surface area contributed by atoms with Gasteiger partial charge in [-0.3, -0.25) is 4.79 Å². The summed E-state index contributed by atoms with van der Waals surface area (Å²) >= 11 is 0. The fourth-order valence-corrected chi connectivity index (χ4v) is 3.04. The number of carbonyl (C=O) groups excluding carboxylic acids is 2. The molecular weight excluding hydrogens is 424 g/mol. The highest BCUT2D eigenvalue weighted by atomic mass is 16.7. The topological polar surface area (TPSA) is 81.4 Å². The third kappa shape index (κ3) is 13.2. The summed E-state index contributed by atoms with van der Waals surface area (Å²) in [5, 5.41) is 0. The van der Waals surface area contributed by atoms with Crippen LogP contribution in [0.2, 0.25) is 0 Å². The molecule has 0 aliphatic rings. The highest BCUT2D eigenvalue weighted by Gasteiger charge is 2.06. The van der Waals surface area contributed by atoms with Crippen LogP contribution < -0.4 is 11.2 Å². The van der Waals surface area contributed by atoms with Gasteiger partial charge in [0.15, 0.2) is 0 Å². The number of nitrogens with two attached hydrogens (primary N) is 1. The fourth-order valence-electron chi connectivity index (χ4n) is 3.04. The van der Waals surface area contributed by atoms with Crippen LogP contribution in [0.5, 0.6) is 0 Å². The Labute approximate surface area is 204 Å². The van der Waals surface area contributed by atoms with Crippen molar-refractivity contribution in [2.75, 3.05) is 6.54 Å². The van der Waals surface area contributed by atoms with E-state index in [0.29, 0.717) is 0 Å². The lowest BCUT2D eigenvalue weighted by Gasteiger charge is -2.06. The van der Waals surface area contributed by atoms with E-state index in [-0.39, 0.29) is 18.9 Å². The molecule has 0 saturated carbocycles. The summed E-state index contributed by atoms with van der Waals surface area (Å²) in [5.74, 6) is -1.04. The molecule has 0 bridgehead atoms. The molecule has 3 N–H and O–H groups in total. The number of amides is 1. The van der Waals surface area contributed by atoms with Crippen LogP contribution in [0.4, 0.5) is 0 Å². The molecule has 3 aromatic carbocycles. The number of hydrogen-bond acceptors (Lipinski definition) is 4. The van der Waals surface area contributed by atoms with E-state index >= 15 is 0 Å². The minimum atomic E-state index is -0.667. The molecule has 0 atom stereocenters. The zero-order chi connectivity index (χ0) is 25.0. The van der Waals surface area contributed by atoms with E-state index in [4.69, 9.17) is 5.73 Å². The van der Waals surface area contributed by atoms with E-state index in [1.807, 2.05) is 62.4 Å². The van der Waals surface area contributed by atoms with E-state index < -0.39 is 5.97 Å². The van der Waals surface area contributed by atoms with Gasteiger partial charge in [-0.2, -0.15) is 5.48 Å². The van der Waals surface area contributed by atoms with Crippen molar-refractivity contribution in [1.29, 1.82) is 0 Å². The van der Waals surface area contributed by atoms with E-state index in [1.165, 1.54) is 16.7 Å². The fraction of sp³-hybridized carbons (Fsp3) is 0.310. The number of unbranched alkanes of at least 4 members (excludes halogenated alkanes) is 1. The van der Waals surface area contributed by atoms with Gasteiger partial charge in [-0.15, -0.1) is 0 Å². The van der Waals surface area contributed by atoms with Gasteiger partial charge in [0, 0.05) is 0 Å². The molecule has 0 aliphatic heterocycles. The third-order valence-corrected chi connectivity index (χ3v) is 4.80. The van der Waals surface area contributed by atoms with E-state index in [1.54, 1.807) is 0 Å². The van der Waals surface area contributed by atoms with Crippen LogP contribution in [0, 0.1) is 6.92 Å². The van der Waals surface area contributed by atoms with Crippen LogP contribution in [0.25, 0.3) is 0 Å². The van der Waals surface area contributed by atoms with Gasteiger partial charge in [0.2, 0.25) is 0 Å². The Morgan fingerprint density at radius 1 is 0.735 bits per heavy atom. The summed E-state index contributed by atoms with van der Waals surface area (Å²) in [6.07, 6.45) is 4.56. The third-order valence-electron chi connectivity index (χ3n) is 4.80. The second-order valence-corrected chi connectivity index (χ2v) is 7.54. The molecule has 34 heavy (non-hydrogen) atoms. The molecule has 3 aromatic rings. The Bertz CT molecular complexity index is 927. The maximum Gasteiger partial charge on any atom is 0.345 e. The van der Waals surface area contributed by atoms with E-state index in [2.05, 4.69) is 53.6 Å². The lowest BCUT2D eigenvalue weighted by Crippen LogP contribution is -2.31. The molecule has 5 heteroatoms. The Hall–Kier alpha value is -3.44. The molecule has 0 aliphatic carbocycles. The number of aryl methyl sites for hydroxylation is 3. The number of hydrogen-bond donors (Lipinski definition) is 2. The Balaban J connectivity index is 0.000000540. The molecule has 0 unspecified atom stereocenters. The van der Waals surface area contributed by atoms with Gasteiger partial charge in [-0.05, 0) is 49.3 Å². The number of rotatable bonds is 8. The van der Waals surface area contributed by atoms with Crippen LogP contribution in [0.3, 0.4) is 0 Å². The van der Waals surface area contributed by atoms with E-state index in [9.17, 15) is 9.59 Å². The zero-order valence-electron chi connectivity index (χ0n) is 20.6. The highest BCUT2D eigenvalue weighted by Crippen LogP contribution is 2.11. The van der Waals surface area contributed by atoms with Crippen molar-refractivity contribution in [2.45, 2.75) is 52.9 Å². The maximum atomic E-state index is 11.6. The van der Waals surface area contributed by atoms with Crippen molar-refractivity contribution in [1.82, 2.24) is 5.48 Å². The monoisotopic (exact) mass is 462 g/mol. The van der Waals surface area contributed by atoms with E-state index in [0.717, 1.165) is 31.2 Å². The summed E-state index contributed by atoms with van der Waals surface area (Å²) in [4.78, 5) is 27.0. The van der Waals surface area contributed by atoms with Gasteiger partial charge in [0.1, 0.15) is 0 Å². The normalized spacial score (nSPS) is 9.53. The second kappa shape index (κ2) is 18.0. The molecule has 0 aromatic heterocycles. The first kappa shape index (κ1) is 28.6. The smallest absolute Gasteiger partial charge is 0.339 e. The van der Waals surface area contributed by atoms with Crippen molar-refractivity contribution in [2.24, 2.45) is 5.73 Å². The first-order valence-corrected chi connectivity index (χ1v) is 11.9. The van der Waals surface area contributed by atoms with Crippen LogP contribution >= 0.6 is 0 Å². The van der Waals surface area contributed by atoms with Crippen LogP contribution in [-0.4, -0.2) is 18.4 Å². The minimum absolute atomic E-state index is 0.159. The Kier molecular flexibility index (Phi) is 15.2. The van der Waals surface area contributed by atoms with Crippen molar-refractivity contribution in [3.05, 3.63) is 107 Å². The van der Waals surface area contributed by atoms with Gasteiger partial charge < -0.3 is 10.6 Å². The molecule has 0 saturated heterocycles. The average Bonchev–Trinajstić information content (AvgIpc) is 2.89. The molecule has 0 radical (unpaired) electrons. The second-order valence-electron chi connectivity index (χ2n) is 7.54. The van der Waals surface area contributed by atoms with Crippen molar-refractivity contribution in [3.63, 3.8) is 0 Å². The number of hydroxylamine groups is 1. The van der Waals surface area contributed by atoms with Gasteiger partial charge in [-0.1, -0.05) is 104 Å². The van der Waals surface area contributed by atoms with Crippen LogP contribution in [-0.2, 0) is 33.7 Å². The Morgan fingerprint density at radius 3 is 1.68 bits per heavy atom. The van der Waals surface area contributed by atoms with Crippen molar-refractivity contribution < 1.29 is 14.4 Å². The first-order chi connectivity index (χ1) is 16.6. The molecule has 0 spiro atoms. The maximum absolute atomic E-state index is 11.6. The van der Waals surface area contributed by atoms with Crippen molar-refractivity contribution >= 4 is 11.9 Å².